The van der Waals surface area contributed by atoms with Gasteiger partial charge in [0.15, 0.2) is 5.76 Å². The maximum atomic E-state index is 5.35. The zero-order valence-electron chi connectivity index (χ0n) is 10.8. The van der Waals surface area contributed by atoms with Crippen molar-refractivity contribution in [3.63, 3.8) is 0 Å². The summed E-state index contributed by atoms with van der Waals surface area (Å²) in [6.45, 7) is 7.09. The zero-order chi connectivity index (χ0) is 13.2. The predicted octanol–water partition coefficient (Wildman–Crippen LogP) is 3.99. The molecule has 0 aliphatic heterocycles. The van der Waals surface area contributed by atoms with E-state index in [9.17, 15) is 0 Å². The van der Waals surface area contributed by atoms with Crippen LogP contribution in [-0.4, -0.2) is 10.7 Å². The summed E-state index contributed by atoms with van der Waals surface area (Å²) in [7, 11) is 0. The van der Waals surface area contributed by atoms with Gasteiger partial charge in [0.1, 0.15) is 0 Å². The molecule has 1 N–H and O–H groups in total. The molecule has 2 rings (SSSR count). The molecule has 2 aromatic rings. The lowest BCUT2D eigenvalue weighted by atomic mass is 10.1. The van der Waals surface area contributed by atoms with Crippen LogP contribution in [0.4, 0.5) is 0 Å². The second-order valence-electron chi connectivity index (χ2n) is 5.29. The Morgan fingerprint density at radius 3 is 2.50 bits per heavy atom. The number of aromatic nitrogens is 1. The standard InChI is InChI=1S/C14H17BrN2O/c1-14(2,3)16-9-12-8-13(18-17-12)10-4-6-11(15)7-5-10/h4-8,16H,9H2,1-3H3. The van der Waals surface area contributed by atoms with Crippen LogP contribution in [0, 0.1) is 0 Å². The first-order valence-corrected chi connectivity index (χ1v) is 6.70. The van der Waals surface area contributed by atoms with Crippen LogP contribution >= 0.6 is 15.9 Å². The molecular formula is C14H17BrN2O. The number of nitrogens with one attached hydrogen (secondary N) is 1. The minimum Gasteiger partial charge on any atom is -0.356 e. The van der Waals surface area contributed by atoms with E-state index in [0.29, 0.717) is 6.54 Å². The van der Waals surface area contributed by atoms with Crippen LogP contribution in [0.5, 0.6) is 0 Å². The van der Waals surface area contributed by atoms with E-state index in [4.69, 9.17) is 4.52 Å². The fraction of sp³-hybridized carbons (Fsp3) is 0.357. The Bertz CT molecular complexity index is 511. The monoisotopic (exact) mass is 308 g/mol. The third kappa shape index (κ3) is 3.68. The van der Waals surface area contributed by atoms with Gasteiger partial charge in [-0.25, -0.2) is 0 Å². The molecule has 0 saturated carbocycles. The Morgan fingerprint density at radius 2 is 1.89 bits per heavy atom. The molecule has 18 heavy (non-hydrogen) atoms. The van der Waals surface area contributed by atoms with E-state index >= 15 is 0 Å². The highest BCUT2D eigenvalue weighted by molar-refractivity contribution is 9.10. The van der Waals surface area contributed by atoms with Gasteiger partial charge in [0.2, 0.25) is 0 Å². The van der Waals surface area contributed by atoms with Gasteiger partial charge in [0.05, 0.1) is 5.69 Å². The molecule has 0 saturated heterocycles. The van der Waals surface area contributed by atoms with Crippen molar-refractivity contribution in [1.82, 2.24) is 10.5 Å². The van der Waals surface area contributed by atoms with Crippen molar-refractivity contribution in [2.75, 3.05) is 0 Å². The summed E-state index contributed by atoms with van der Waals surface area (Å²) in [5, 5.41) is 7.45. The highest BCUT2D eigenvalue weighted by Gasteiger charge is 2.11. The van der Waals surface area contributed by atoms with Crippen molar-refractivity contribution in [2.45, 2.75) is 32.9 Å². The quantitative estimate of drug-likeness (QED) is 0.931. The summed E-state index contributed by atoms with van der Waals surface area (Å²) >= 11 is 3.41. The Hall–Kier alpha value is -1.13. The number of nitrogens with zero attached hydrogens (tertiary/aromatic N) is 1. The molecule has 4 heteroatoms. The second-order valence-corrected chi connectivity index (χ2v) is 6.21. The molecule has 96 valence electrons. The van der Waals surface area contributed by atoms with Gasteiger partial charge in [-0.3, -0.25) is 0 Å². The molecule has 0 aliphatic rings. The summed E-state index contributed by atoms with van der Waals surface area (Å²) in [5.74, 6) is 0.799. The fourth-order valence-electron chi connectivity index (χ4n) is 1.50. The number of hydrogen-bond donors (Lipinski definition) is 1. The van der Waals surface area contributed by atoms with Crippen molar-refractivity contribution in [2.24, 2.45) is 0 Å². The van der Waals surface area contributed by atoms with E-state index in [2.05, 4.69) is 47.2 Å². The van der Waals surface area contributed by atoms with Crippen molar-refractivity contribution >= 4 is 15.9 Å². The van der Waals surface area contributed by atoms with Crippen LogP contribution in [0.25, 0.3) is 11.3 Å². The highest BCUT2D eigenvalue weighted by Crippen LogP contribution is 2.22. The normalized spacial score (nSPS) is 11.8. The Morgan fingerprint density at radius 1 is 1.22 bits per heavy atom. The predicted molar refractivity (Wildman–Crippen MR) is 76.2 cm³/mol. The van der Waals surface area contributed by atoms with Gasteiger partial charge in [-0.1, -0.05) is 33.2 Å². The number of hydrogen-bond acceptors (Lipinski definition) is 3. The van der Waals surface area contributed by atoms with Crippen LogP contribution in [-0.2, 0) is 6.54 Å². The van der Waals surface area contributed by atoms with Gasteiger partial charge in [0, 0.05) is 28.2 Å². The molecule has 3 nitrogen and oxygen atoms in total. The lowest BCUT2D eigenvalue weighted by Crippen LogP contribution is -2.35. The summed E-state index contributed by atoms with van der Waals surface area (Å²) in [5.41, 5.74) is 2.03. The Balaban J connectivity index is 2.08. The van der Waals surface area contributed by atoms with Crippen LogP contribution in [0.1, 0.15) is 26.5 Å². The lowest BCUT2D eigenvalue weighted by Gasteiger charge is -2.19. The summed E-state index contributed by atoms with van der Waals surface area (Å²) < 4.78 is 6.41. The first kappa shape index (κ1) is 13.3. The van der Waals surface area contributed by atoms with E-state index in [-0.39, 0.29) is 5.54 Å². The average molecular weight is 309 g/mol. The second kappa shape index (κ2) is 5.24. The van der Waals surface area contributed by atoms with Crippen LogP contribution in [0.3, 0.4) is 0 Å². The lowest BCUT2D eigenvalue weighted by molar-refractivity contribution is 0.392. The topological polar surface area (TPSA) is 38.1 Å². The molecule has 0 fully saturated rings. The van der Waals surface area contributed by atoms with Gasteiger partial charge in [0.25, 0.3) is 0 Å². The van der Waals surface area contributed by atoms with Crippen molar-refractivity contribution in [3.05, 3.63) is 40.5 Å². The molecule has 1 heterocycles. The van der Waals surface area contributed by atoms with Crippen LogP contribution < -0.4 is 5.32 Å². The summed E-state index contributed by atoms with van der Waals surface area (Å²) in [6.07, 6.45) is 0. The molecule has 0 spiro atoms. The maximum absolute atomic E-state index is 5.35. The van der Waals surface area contributed by atoms with Gasteiger partial charge >= 0.3 is 0 Å². The molecule has 1 aromatic carbocycles. The van der Waals surface area contributed by atoms with E-state index in [1.807, 2.05) is 30.3 Å². The molecule has 0 radical (unpaired) electrons. The van der Waals surface area contributed by atoms with E-state index in [0.717, 1.165) is 21.5 Å². The first-order valence-electron chi connectivity index (χ1n) is 5.91. The molecule has 0 unspecified atom stereocenters. The molecule has 1 aromatic heterocycles. The van der Waals surface area contributed by atoms with Gasteiger partial charge in [-0.15, -0.1) is 0 Å². The number of halogens is 1. The smallest absolute Gasteiger partial charge is 0.167 e. The molecular weight excluding hydrogens is 292 g/mol. The average Bonchev–Trinajstić information content (AvgIpc) is 2.75. The number of benzene rings is 1. The Labute approximate surface area is 116 Å². The number of rotatable bonds is 3. The molecule has 0 bridgehead atoms. The van der Waals surface area contributed by atoms with E-state index in [1.165, 1.54) is 0 Å². The summed E-state index contributed by atoms with van der Waals surface area (Å²) in [4.78, 5) is 0. The Kier molecular flexibility index (Phi) is 3.88. The first-order chi connectivity index (χ1) is 8.44. The molecule has 0 amide bonds. The SMILES string of the molecule is CC(C)(C)NCc1cc(-c2ccc(Br)cc2)on1. The van der Waals surface area contributed by atoms with Gasteiger partial charge < -0.3 is 9.84 Å². The van der Waals surface area contributed by atoms with Crippen molar-refractivity contribution in [1.29, 1.82) is 0 Å². The highest BCUT2D eigenvalue weighted by atomic mass is 79.9. The van der Waals surface area contributed by atoms with Crippen molar-refractivity contribution < 1.29 is 4.52 Å². The largest absolute Gasteiger partial charge is 0.356 e. The van der Waals surface area contributed by atoms with Crippen LogP contribution in [0.2, 0.25) is 0 Å². The minimum absolute atomic E-state index is 0.0801. The van der Waals surface area contributed by atoms with E-state index < -0.39 is 0 Å². The maximum Gasteiger partial charge on any atom is 0.167 e. The molecule has 0 atom stereocenters. The van der Waals surface area contributed by atoms with Gasteiger partial charge in [-0.05, 0) is 32.9 Å². The fourth-order valence-corrected chi connectivity index (χ4v) is 1.77. The van der Waals surface area contributed by atoms with Gasteiger partial charge in [-0.2, -0.15) is 0 Å². The van der Waals surface area contributed by atoms with E-state index in [1.54, 1.807) is 0 Å². The zero-order valence-corrected chi connectivity index (χ0v) is 12.4. The van der Waals surface area contributed by atoms with Crippen molar-refractivity contribution in [3.8, 4) is 11.3 Å². The third-order valence-electron chi connectivity index (χ3n) is 2.49. The third-order valence-corrected chi connectivity index (χ3v) is 3.02. The molecule has 0 aliphatic carbocycles. The minimum atomic E-state index is 0.0801. The summed E-state index contributed by atoms with van der Waals surface area (Å²) in [6, 6.07) is 9.97. The van der Waals surface area contributed by atoms with Crippen LogP contribution in [0.15, 0.2) is 39.3 Å².